The van der Waals surface area contributed by atoms with Crippen LogP contribution in [0.15, 0.2) is 0 Å². The van der Waals surface area contributed by atoms with E-state index in [9.17, 15) is 0 Å². The van der Waals surface area contributed by atoms with Crippen molar-refractivity contribution in [1.82, 2.24) is 0 Å². The number of alkyl halides is 1. The monoisotopic (exact) mass is 401 g/mol. The highest BCUT2D eigenvalue weighted by molar-refractivity contribution is 6.55. The molecule has 26 heavy (non-hydrogen) atoms. The molecule has 0 aromatic heterocycles. The van der Waals surface area contributed by atoms with Gasteiger partial charge in [-0.25, -0.2) is 0 Å². The van der Waals surface area contributed by atoms with Gasteiger partial charge in [-0.15, -0.1) is 11.6 Å². The van der Waals surface area contributed by atoms with Crippen LogP contribution in [0.5, 0.6) is 0 Å². The third kappa shape index (κ3) is 24.5. The lowest BCUT2D eigenvalue weighted by atomic mass is 10.0. The Labute approximate surface area is 173 Å². The second-order valence-corrected chi connectivity index (χ2v) is 12.0. The van der Waals surface area contributed by atoms with Crippen molar-refractivity contribution in [3.8, 4) is 0 Å². The Morgan fingerprint density at radius 3 is 0.846 bits per heavy atom. The van der Waals surface area contributed by atoms with Crippen LogP contribution in [0.25, 0.3) is 0 Å². The Bertz CT molecular complexity index is 242. The van der Waals surface area contributed by atoms with Gasteiger partial charge in [0, 0.05) is 14.7 Å². The average molecular weight is 402 g/mol. The summed E-state index contributed by atoms with van der Waals surface area (Å²) in [5, 5.41) is 0. The first-order valence-electron chi connectivity index (χ1n) is 12.1. The minimum absolute atomic E-state index is 0.0375. The quantitative estimate of drug-likeness (QED) is 0.0960. The molecular formula is C24H50ClSi. The minimum Gasteiger partial charge on any atom is -0.127 e. The number of halogens is 1. The Kier molecular flexibility index (Phi) is 24.0. The number of unbranched alkanes of at least 4 members (excludes halogenated alkanes) is 19. The van der Waals surface area contributed by atoms with Gasteiger partial charge in [0.1, 0.15) is 0 Å². The first-order chi connectivity index (χ1) is 12.8. The van der Waals surface area contributed by atoms with Crippen molar-refractivity contribution in [1.29, 1.82) is 0 Å². The van der Waals surface area contributed by atoms with Crippen LogP contribution >= 0.6 is 11.6 Å². The first kappa shape index (κ1) is 26.5. The zero-order valence-corrected chi connectivity index (χ0v) is 20.2. The normalized spacial score (nSPS) is 11.5. The molecule has 0 amide bonds. The van der Waals surface area contributed by atoms with Crippen LogP contribution in [0.1, 0.15) is 128 Å². The van der Waals surface area contributed by atoms with E-state index in [2.05, 4.69) is 13.1 Å². The molecule has 0 spiro atoms. The molecule has 0 saturated carbocycles. The molecule has 2 heteroatoms. The van der Waals surface area contributed by atoms with E-state index in [1.54, 1.807) is 0 Å². The molecule has 0 aliphatic carbocycles. The molecule has 0 atom stereocenters. The molecule has 0 aromatic carbocycles. The average Bonchev–Trinajstić information content (AvgIpc) is 2.62. The van der Waals surface area contributed by atoms with Gasteiger partial charge in [-0.05, 0) is 6.42 Å². The lowest BCUT2D eigenvalue weighted by molar-refractivity contribution is 0.523. The summed E-state index contributed by atoms with van der Waals surface area (Å²) in [6.45, 7) is 4.88. The summed E-state index contributed by atoms with van der Waals surface area (Å²) in [6, 6.07) is 1.53. The molecule has 0 heterocycles. The Morgan fingerprint density at radius 2 is 0.615 bits per heavy atom. The largest absolute Gasteiger partial charge is 0.127 e. The van der Waals surface area contributed by atoms with E-state index >= 15 is 0 Å². The number of hydrogen-bond acceptors (Lipinski definition) is 0. The zero-order chi connectivity index (χ0) is 19.1. The number of hydrogen-bond donors (Lipinski definition) is 0. The van der Waals surface area contributed by atoms with Crippen molar-refractivity contribution in [3.63, 3.8) is 0 Å². The molecule has 0 nitrogen and oxygen atoms in total. The lowest BCUT2D eigenvalue weighted by Gasteiger charge is -2.04. The molecule has 0 aromatic rings. The standard InChI is InChI=1S/C24H50ClSi/c1-26(2)24-22-20-18-16-14-12-10-8-6-4-3-5-7-9-11-13-15-17-19-21-23-25/h3-24H2,1-2H3. The lowest BCUT2D eigenvalue weighted by Crippen LogP contribution is -1.97. The van der Waals surface area contributed by atoms with Crippen LogP contribution in [-0.4, -0.2) is 14.7 Å². The van der Waals surface area contributed by atoms with Crippen LogP contribution in [0.2, 0.25) is 19.1 Å². The fourth-order valence-electron chi connectivity index (χ4n) is 3.76. The first-order valence-corrected chi connectivity index (χ1v) is 15.4. The molecule has 0 unspecified atom stereocenters. The van der Waals surface area contributed by atoms with E-state index in [-0.39, 0.29) is 8.80 Å². The van der Waals surface area contributed by atoms with Gasteiger partial charge in [0.15, 0.2) is 0 Å². The van der Waals surface area contributed by atoms with Crippen molar-refractivity contribution < 1.29 is 0 Å². The summed E-state index contributed by atoms with van der Waals surface area (Å²) in [4.78, 5) is 0. The van der Waals surface area contributed by atoms with E-state index in [1.807, 2.05) is 0 Å². The van der Waals surface area contributed by atoms with E-state index in [0.29, 0.717) is 0 Å². The van der Waals surface area contributed by atoms with Gasteiger partial charge in [-0.3, -0.25) is 0 Å². The van der Waals surface area contributed by atoms with Crippen molar-refractivity contribution in [2.75, 3.05) is 5.88 Å². The van der Waals surface area contributed by atoms with Crippen LogP contribution in [0, 0.1) is 0 Å². The van der Waals surface area contributed by atoms with E-state index in [0.717, 1.165) is 5.88 Å². The van der Waals surface area contributed by atoms with Crippen molar-refractivity contribution >= 4 is 20.4 Å². The SMILES string of the molecule is C[Si](C)CCCCCCCCCCCCCCCCCCCCCCCl. The highest BCUT2D eigenvalue weighted by Gasteiger charge is 1.97. The summed E-state index contributed by atoms with van der Waals surface area (Å²) in [5.74, 6) is 0.847. The highest BCUT2D eigenvalue weighted by atomic mass is 35.5. The third-order valence-corrected chi connectivity index (χ3v) is 7.18. The van der Waals surface area contributed by atoms with Crippen molar-refractivity contribution in [3.05, 3.63) is 0 Å². The van der Waals surface area contributed by atoms with Crippen molar-refractivity contribution in [2.24, 2.45) is 0 Å². The van der Waals surface area contributed by atoms with Crippen LogP contribution in [0.4, 0.5) is 0 Å². The molecule has 0 rings (SSSR count). The molecular weight excluding hydrogens is 352 g/mol. The molecule has 0 N–H and O–H groups in total. The third-order valence-electron chi connectivity index (χ3n) is 5.56. The van der Waals surface area contributed by atoms with Gasteiger partial charge in [0.05, 0.1) is 0 Å². The number of rotatable bonds is 22. The fraction of sp³-hybridized carbons (Fsp3) is 1.00. The van der Waals surface area contributed by atoms with Crippen molar-refractivity contribution in [2.45, 2.75) is 148 Å². The van der Waals surface area contributed by atoms with Crippen LogP contribution < -0.4 is 0 Å². The summed E-state index contributed by atoms with van der Waals surface area (Å²) in [6.07, 6.45) is 29.0. The minimum atomic E-state index is 0.0375. The Morgan fingerprint density at radius 1 is 0.385 bits per heavy atom. The smallest absolute Gasteiger partial charge is 0.0412 e. The molecule has 0 aliphatic heterocycles. The molecule has 0 bridgehead atoms. The topological polar surface area (TPSA) is 0 Å². The maximum Gasteiger partial charge on any atom is 0.0412 e. The summed E-state index contributed by atoms with van der Waals surface area (Å²) in [7, 11) is 0.0375. The molecule has 157 valence electrons. The summed E-state index contributed by atoms with van der Waals surface area (Å²) >= 11 is 5.70. The maximum absolute atomic E-state index is 5.70. The summed E-state index contributed by atoms with van der Waals surface area (Å²) < 4.78 is 0. The molecule has 1 radical (unpaired) electrons. The Balaban J connectivity index is 2.97. The van der Waals surface area contributed by atoms with Gasteiger partial charge < -0.3 is 0 Å². The Hall–Kier alpha value is 0.507. The maximum atomic E-state index is 5.70. The van der Waals surface area contributed by atoms with Gasteiger partial charge >= 0.3 is 0 Å². The predicted octanol–water partition coefficient (Wildman–Crippen LogP) is 9.78. The molecule has 0 saturated heterocycles. The highest BCUT2D eigenvalue weighted by Crippen LogP contribution is 2.15. The van der Waals surface area contributed by atoms with Crippen LogP contribution in [-0.2, 0) is 0 Å². The van der Waals surface area contributed by atoms with E-state index < -0.39 is 0 Å². The van der Waals surface area contributed by atoms with Gasteiger partial charge in [0.2, 0.25) is 0 Å². The van der Waals surface area contributed by atoms with Gasteiger partial charge in [-0.1, -0.05) is 141 Å². The fourth-order valence-corrected chi connectivity index (χ4v) is 4.90. The predicted molar refractivity (Wildman–Crippen MR) is 125 cm³/mol. The van der Waals surface area contributed by atoms with E-state index in [4.69, 9.17) is 11.6 Å². The second kappa shape index (κ2) is 23.5. The summed E-state index contributed by atoms with van der Waals surface area (Å²) in [5.41, 5.74) is 0. The van der Waals surface area contributed by atoms with Crippen LogP contribution in [0.3, 0.4) is 0 Å². The second-order valence-electron chi connectivity index (χ2n) is 8.72. The molecule has 0 aliphatic rings. The van der Waals surface area contributed by atoms with E-state index in [1.165, 1.54) is 134 Å². The van der Waals surface area contributed by atoms with Gasteiger partial charge in [-0.2, -0.15) is 0 Å². The van der Waals surface area contributed by atoms with Gasteiger partial charge in [0.25, 0.3) is 0 Å². The zero-order valence-electron chi connectivity index (χ0n) is 18.4. The molecule has 0 fully saturated rings.